The smallest absolute Gasteiger partial charge is 0.210 e. The van der Waals surface area contributed by atoms with Crippen molar-refractivity contribution in [3.8, 4) is 0 Å². The van der Waals surface area contributed by atoms with Crippen molar-refractivity contribution in [3.05, 3.63) is 35.3 Å². The zero-order valence-electron chi connectivity index (χ0n) is 7.04. The van der Waals surface area contributed by atoms with Crippen LogP contribution in [0.15, 0.2) is 27.6 Å². The SMILES string of the molecule is [CH2]NS(=O)(=O)c1ccc(Br)c(C)c1. The van der Waals surface area contributed by atoms with Crippen LogP contribution in [0.3, 0.4) is 0 Å². The first-order valence-corrected chi connectivity index (χ1v) is 5.80. The Morgan fingerprint density at radius 3 is 2.54 bits per heavy atom. The number of hydrogen-bond donors (Lipinski definition) is 1. The number of hydrogen-bond acceptors (Lipinski definition) is 2. The molecular weight excluding hydrogens is 254 g/mol. The first kappa shape index (κ1) is 10.7. The highest BCUT2D eigenvalue weighted by Crippen LogP contribution is 2.19. The van der Waals surface area contributed by atoms with Crippen LogP contribution in [-0.4, -0.2) is 8.42 Å². The van der Waals surface area contributed by atoms with Gasteiger partial charge < -0.3 is 0 Å². The summed E-state index contributed by atoms with van der Waals surface area (Å²) < 4.78 is 25.4. The minimum Gasteiger partial charge on any atom is -0.210 e. The van der Waals surface area contributed by atoms with E-state index in [1.165, 1.54) is 6.07 Å². The Labute approximate surface area is 86.3 Å². The van der Waals surface area contributed by atoms with Crippen LogP contribution in [0.4, 0.5) is 0 Å². The van der Waals surface area contributed by atoms with E-state index in [1.807, 2.05) is 11.6 Å². The summed E-state index contributed by atoms with van der Waals surface area (Å²) in [5.74, 6) is 0. The quantitative estimate of drug-likeness (QED) is 0.884. The van der Waals surface area contributed by atoms with E-state index in [2.05, 4.69) is 23.0 Å². The number of benzene rings is 1. The molecule has 0 saturated carbocycles. The lowest BCUT2D eigenvalue weighted by Crippen LogP contribution is -2.16. The number of halogens is 1. The topological polar surface area (TPSA) is 46.2 Å². The van der Waals surface area contributed by atoms with Crippen LogP contribution < -0.4 is 4.72 Å². The molecule has 1 rings (SSSR count). The molecule has 13 heavy (non-hydrogen) atoms. The molecule has 0 amide bonds. The van der Waals surface area contributed by atoms with E-state index in [0.717, 1.165) is 10.0 Å². The fourth-order valence-corrected chi connectivity index (χ4v) is 1.86. The van der Waals surface area contributed by atoms with Gasteiger partial charge in [0.15, 0.2) is 0 Å². The molecule has 1 aromatic carbocycles. The van der Waals surface area contributed by atoms with Crippen LogP contribution >= 0.6 is 15.9 Å². The maximum atomic E-state index is 11.3. The van der Waals surface area contributed by atoms with Crippen LogP contribution in [0.5, 0.6) is 0 Å². The summed E-state index contributed by atoms with van der Waals surface area (Å²) in [4.78, 5) is 0.225. The van der Waals surface area contributed by atoms with Gasteiger partial charge in [0, 0.05) is 11.5 Å². The third-order valence-electron chi connectivity index (χ3n) is 1.63. The standard InChI is InChI=1S/C8H9BrNO2S/c1-6-5-7(3-4-8(6)9)13(11,12)10-2/h3-5,10H,2H2,1H3. The van der Waals surface area contributed by atoms with E-state index < -0.39 is 10.0 Å². The second-order valence-electron chi connectivity index (χ2n) is 2.56. The van der Waals surface area contributed by atoms with Crippen molar-refractivity contribution in [3.63, 3.8) is 0 Å². The monoisotopic (exact) mass is 262 g/mol. The third-order valence-corrected chi connectivity index (χ3v) is 3.77. The highest BCUT2D eigenvalue weighted by Gasteiger charge is 2.11. The Bertz CT molecular complexity index is 414. The molecule has 0 atom stereocenters. The molecular formula is C8H9BrNO2S. The van der Waals surface area contributed by atoms with Crippen LogP contribution in [0, 0.1) is 14.0 Å². The maximum absolute atomic E-state index is 11.3. The van der Waals surface area contributed by atoms with Gasteiger partial charge >= 0.3 is 0 Å². The van der Waals surface area contributed by atoms with Crippen molar-refractivity contribution in [2.45, 2.75) is 11.8 Å². The first-order chi connectivity index (χ1) is 5.97. The molecule has 0 bridgehead atoms. The molecule has 0 heterocycles. The zero-order chi connectivity index (χ0) is 10.1. The van der Waals surface area contributed by atoms with Gasteiger partial charge in [0.05, 0.1) is 4.90 Å². The molecule has 1 aromatic rings. The zero-order valence-corrected chi connectivity index (χ0v) is 9.44. The first-order valence-electron chi connectivity index (χ1n) is 3.52. The van der Waals surface area contributed by atoms with E-state index in [9.17, 15) is 8.42 Å². The van der Waals surface area contributed by atoms with Crippen molar-refractivity contribution >= 4 is 26.0 Å². The van der Waals surface area contributed by atoms with Crippen LogP contribution in [0.25, 0.3) is 0 Å². The highest BCUT2D eigenvalue weighted by atomic mass is 79.9. The Morgan fingerprint density at radius 1 is 1.46 bits per heavy atom. The second-order valence-corrected chi connectivity index (χ2v) is 5.18. The maximum Gasteiger partial charge on any atom is 0.240 e. The summed E-state index contributed by atoms with van der Waals surface area (Å²) in [7, 11) is -0.283. The molecule has 0 aromatic heterocycles. The van der Waals surface area contributed by atoms with Crippen molar-refractivity contribution in [1.29, 1.82) is 0 Å². The molecule has 0 saturated heterocycles. The van der Waals surface area contributed by atoms with Gasteiger partial charge in [-0.1, -0.05) is 15.9 Å². The van der Waals surface area contributed by atoms with Gasteiger partial charge in [-0.05, 0) is 30.7 Å². The van der Waals surface area contributed by atoms with Crippen molar-refractivity contribution < 1.29 is 8.42 Å². The Morgan fingerprint density at radius 2 is 2.08 bits per heavy atom. The Kier molecular flexibility index (Phi) is 3.10. The van der Waals surface area contributed by atoms with Crippen molar-refractivity contribution in [2.75, 3.05) is 0 Å². The molecule has 71 valence electrons. The normalized spacial score (nSPS) is 11.6. The second kappa shape index (κ2) is 3.77. The fourth-order valence-electron chi connectivity index (χ4n) is 0.868. The predicted octanol–water partition coefficient (Wildman–Crippen LogP) is 1.83. The molecule has 0 aliphatic heterocycles. The lowest BCUT2D eigenvalue weighted by molar-refractivity contribution is 0.590. The van der Waals surface area contributed by atoms with Crippen LogP contribution in [-0.2, 0) is 10.0 Å². The van der Waals surface area contributed by atoms with E-state index in [1.54, 1.807) is 12.1 Å². The van der Waals surface area contributed by atoms with Gasteiger partial charge in [-0.3, -0.25) is 0 Å². The molecule has 5 heteroatoms. The molecule has 1 N–H and O–H groups in total. The third kappa shape index (κ3) is 2.30. The van der Waals surface area contributed by atoms with Crippen molar-refractivity contribution in [2.24, 2.45) is 0 Å². The predicted molar refractivity (Wildman–Crippen MR) is 54.6 cm³/mol. The number of aryl methyl sites for hydroxylation is 1. The molecule has 0 unspecified atom stereocenters. The molecule has 1 radical (unpaired) electrons. The molecule has 0 fully saturated rings. The van der Waals surface area contributed by atoms with Gasteiger partial charge in [-0.15, -0.1) is 0 Å². The lowest BCUT2D eigenvalue weighted by Gasteiger charge is -2.04. The number of rotatable bonds is 2. The summed E-state index contributed by atoms with van der Waals surface area (Å²) in [6, 6.07) is 4.79. The molecule has 0 aliphatic carbocycles. The van der Waals surface area contributed by atoms with Crippen LogP contribution in [0.2, 0.25) is 0 Å². The van der Waals surface area contributed by atoms with E-state index in [-0.39, 0.29) is 4.90 Å². The van der Waals surface area contributed by atoms with Gasteiger partial charge in [-0.2, -0.15) is 0 Å². The van der Waals surface area contributed by atoms with E-state index in [4.69, 9.17) is 0 Å². The molecule has 0 aliphatic rings. The summed E-state index contributed by atoms with van der Waals surface area (Å²) in [6.07, 6.45) is 0. The van der Waals surface area contributed by atoms with E-state index in [0.29, 0.717) is 0 Å². The summed E-state index contributed by atoms with van der Waals surface area (Å²) >= 11 is 3.29. The number of sulfonamides is 1. The van der Waals surface area contributed by atoms with Gasteiger partial charge in [-0.25, -0.2) is 13.1 Å². The summed E-state index contributed by atoms with van der Waals surface area (Å²) in [5.41, 5.74) is 0.872. The summed E-state index contributed by atoms with van der Waals surface area (Å²) in [6.45, 7) is 1.83. The number of nitrogens with one attached hydrogen (secondary N) is 1. The van der Waals surface area contributed by atoms with Crippen molar-refractivity contribution in [1.82, 2.24) is 4.72 Å². The Hall–Kier alpha value is -0.390. The van der Waals surface area contributed by atoms with Gasteiger partial charge in [0.1, 0.15) is 0 Å². The minimum atomic E-state index is -3.42. The van der Waals surface area contributed by atoms with Gasteiger partial charge in [0.2, 0.25) is 10.0 Å². The molecule has 0 spiro atoms. The fraction of sp³-hybridized carbons (Fsp3) is 0.125. The lowest BCUT2D eigenvalue weighted by atomic mass is 10.2. The average Bonchev–Trinajstić information content (AvgIpc) is 2.09. The van der Waals surface area contributed by atoms with Gasteiger partial charge in [0.25, 0.3) is 0 Å². The van der Waals surface area contributed by atoms with E-state index >= 15 is 0 Å². The Balaban J connectivity index is 3.27. The summed E-state index contributed by atoms with van der Waals surface area (Å²) in [5, 5.41) is 0. The average molecular weight is 263 g/mol. The molecule has 3 nitrogen and oxygen atoms in total. The highest BCUT2D eigenvalue weighted by molar-refractivity contribution is 9.10. The largest absolute Gasteiger partial charge is 0.240 e. The minimum absolute atomic E-state index is 0.225. The van der Waals surface area contributed by atoms with Crippen LogP contribution in [0.1, 0.15) is 5.56 Å².